The number of ether oxygens (including phenoxy) is 2. The summed E-state index contributed by atoms with van der Waals surface area (Å²) in [6.45, 7) is 2.97. The van der Waals surface area contributed by atoms with E-state index in [1.807, 2.05) is 12.1 Å². The molecule has 0 fully saturated rings. The Hall–Kier alpha value is -1.75. The molecule has 5 heteroatoms. The quantitative estimate of drug-likeness (QED) is 0.560. The van der Waals surface area contributed by atoms with Gasteiger partial charge < -0.3 is 20.5 Å². The number of hydrogen-bond acceptors (Lipinski definition) is 4. The van der Waals surface area contributed by atoms with Crippen molar-refractivity contribution in [2.24, 2.45) is 0 Å². The number of rotatable bonds is 7. The molecule has 100 valence electrons. The molecule has 0 radical (unpaired) electrons. The number of nitrogen functional groups attached to an aromatic ring is 1. The zero-order chi connectivity index (χ0) is 13.4. The molecule has 0 spiro atoms. The van der Waals surface area contributed by atoms with E-state index in [1.54, 1.807) is 13.2 Å². The molecule has 0 bridgehead atoms. The molecule has 1 aromatic rings. The molecule has 3 N–H and O–H groups in total. The SMILES string of the molecule is CCc1ccc(OCC(=O)NCCOC)c(N)c1. The molecule has 0 aromatic heterocycles. The predicted molar refractivity (Wildman–Crippen MR) is 70.6 cm³/mol. The Balaban J connectivity index is 2.41. The Labute approximate surface area is 107 Å². The Morgan fingerprint density at radius 3 is 2.83 bits per heavy atom. The first-order chi connectivity index (χ1) is 8.67. The number of anilines is 1. The number of hydrogen-bond donors (Lipinski definition) is 2. The first-order valence-electron chi connectivity index (χ1n) is 5.94. The van der Waals surface area contributed by atoms with Gasteiger partial charge in [0, 0.05) is 13.7 Å². The fourth-order valence-electron chi connectivity index (χ4n) is 1.44. The second-order valence-electron chi connectivity index (χ2n) is 3.86. The van der Waals surface area contributed by atoms with Crippen molar-refractivity contribution in [2.75, 3.05) is 32.6 Å². The normalized spacial score (nSPS) is 10.1. The van der Waals surface area contributed by atoms with Crippen LogP contribution in [-0.2, 0) is 16.0 Å². The van der Waals surface area contributed by atoms with Crippen molar-refractivity contribution in [1.82, 2.24) is 5.32 Å². The van der Waals surface area contributed by atoms with Crippen LogP contribution in [0.15, 0.2) is 18.2 Å². The minimum atomic E-state index is -0.189. The number of nitrogens with one attached hydrogen (secondary N) is 1. The highest BCUT2D eigenvalue weighted by molar-refractivity contribution is 5.77. The Morgan fingerprint density at radius 2 is 2.22 bits per heavy atom. The van der Waals surface area contributed by atoms with E-state index >= 15 is 0 Å². The summed E-state index contributed by atoms with van der Waals surface area (Å²) in [5, 5.41) is 2.67. The number of carbonyl (C=O) groups is 1. The lowest BCUT2D eigenvalue weighted by Gasteiger charge is -2.10. The van der Waals surface area contributed by atoms with Gasteiger partial charge in [0.1, 0.15) is 5.75 Å². The van der Waals surface area contributed by atoms with Crippen molar-refractivity contribution in [3.8, 4) is 5.75 Å². The van der Waals surface area contributed by atoms with Crippen LogP contribution in [0.5, 0.6) is 5.75 Å². The van der Waals surface area contributed by atoms with E-state index in [9.17, 15) is 4.79 Å². The molecule has 0 unspecified atom stereocenters. The smallest absolute Gasteiger partial charge is 0.258 e. The van der Waals surface area contributed by atoms with Gasteiger partial charge in [0.2, 0.25) is 0 Å². The molecule has 0 heterocycles. The molecule has 0 saturated heterocycles. The van der Waals surface area contributed by atoms with Crippen molar-refractivity contribution in [3.63, 3.8) is 0 Å². The third kappa shape index (κ3) is 4.63. The maximum atomic E-state index is 11.4. The second-order valence-corrected chi connectivity index (χ2v) is 3.86. The van der Waals surface area contributed by atoms with Crippen molar-refractivity contribution in [1.29, 1.82) is 0 Å². The third-order valence-corrected chi connectivity index (χ3v) is 2.47. The zero-order valence-corrected chi connectivity index (χ0v) is 10.9. The number of benzene rings is 1. The van der Waals surface area contributed by atoms with Gasteiger partial charge >= 0.3 is 0 Å². The Bertz CT molecular complexity index is 394. The van der Waals surface area contributed by atoms with Crippen molar-refractivity contribution < 1.29 is 14.3 Å². The van der Waals surface area contributed by atoms with Gasteiger partial charge in [0.15, 0.2) is 6.61 Å². The zero-order valence-electron chi connectivity index (χ0n) is 10.9. The summed E-state index contributed by atoms with van der Waals surface area (Å²) in [7, 11) is 1.58. The number of methoxy groups -OCH3 is 1. The van der Waals surface area contributed by atoms with Crippen molar-refractivity contribution in [2.45, 2.75) is 13.3 Å². The largest absolute Gasteiger partial charge is 0.482 e. The summed E-state index contributed by atoms with van der Waals surface area (Å²) in [5.74, 6) is 0.347. The van der Waals surface area contributed by atoms with Gasteiger partial charge in [0.25, 0.3) is 5.91 Å². The highest BCUT2D eigenvalue weighted by Gasteiger charge is 2.05. The average molecular weight is 252 g/mol. The van der Waals surface area contributed by atoms with E-state index in [1.165, 1.54) is 0 Å². The first-order valence-corrected chi connectivity index (χ1v) is 5.94. The molecule has 0 atom stereocenters. The van der Waals surface area contributed by atoms with E-state index < -0.39 is 0 Å². The molecular formula is C13H20N2O3. The molecule has 18 heavy (non-hydrogen) atoms. The molecule has 0 saturated carbocycles. The van der Waals surface area contributed by atoms with E-state index in [-0.39, 0.29) is 12.5 Å². The fourth-order valence-corrected chi connectivity index (χ4v) is 1.44. The Morgan fingerprint density at radius 1 is 1.44 bits per heavy atom. The highest BCUT2D eigenvalue weighted by Crippen LogP contribution is 2.22. The lowest BCUT2D eigenvalue weighted by Crippen LogP contribution is -2.31. The van der Waals surface area contributed by atoms with Crippen LogP contribution in [0.2, 0.25) is 0 Å². The van der Waals surface area contributed by atoms with Crippen LogP contribution >= 0.6 is 0 Å². The van der Waals surface area contributed by atoms with Crippen LogP contribution in [0.4, 0.5) is 5.69 Å². The van der Waals surface area contributed by atoms with Crippen LogP contribution < -0.4 is 15.8 Å². The number of aryl methyl sites for hydroxylation is 1. The van der Waals surface area contributed by atoms with Gasteiger partial charge in [-0.25, -0.2) is 0 Å². The number of carbonyl (C=O) groups excluding carboxylic acids is 1. The number of amides is 1. The van der Waals surface area contributed by atoms with Crippen LogP contribution in [0, 0.1) is 0 Å². The summed E-state index contributed by atoms with van der Waals surface area (Å²) in [6, 6.07) is 5.59. The van der Waals surface area contributed by atoms with Gasteiger partial charge in [-0.3, -0.25) is 4.79 Å². The molecule has 1 amide bonds. The summed E-state index contributed by atoms with van der Waals surface area (Å²) in [4.78, 5) is 11.4. The molecule has 0 aliphatic rings. The lowest BCUT2D eigenvalue weighted by molar-refractivity contribution is -0.123. The maximum absolute atomic E-state index is 11.4. The third-order valence-electron chi connectivity index (χ3n) is 2.47. The van der Waals surface area contributed by atoms with Crippen LogP contribution in [0.25, 0.3) is 0 Å². The second kappa shape index (κ2) is 7.55. The summed E-state index contributed by atoms with van der Waals surface area (Å²) < 4.78 is 10.2. The van der Waals surface area contributed by atoms with Crippen molar-refractivity contribution >= 4 is 11.6 Å². The number of nitrogens with two attached hydrogens (primary N) is 1. The van der Waals surface area contributed by atoms with Gasteiger partial charge in [-0.1, -0.05) is 13.0 Å². The minimum Gasteiger partial charge on any atom is -0.482 e. The highest BCUT2D eigenvalue weighted by atomic mass is 16.5. The van der Waals surface area contributed by atoms with Crippen LogP contribution in [0.3, 0.4) is 0 Å². The predicted octanol–water partition coefficient (Wildman–Crippen LogP) is 0.973. The van der Waals surface area contributed by atoms with Crippen LogP contribution in [0.1, 0.15) is 12.5 Å². The van der Waals surface area contributed by atoms with Crippen molar-refractivity contribution in [3.05, 3.63) is 23.8 Å². The van der Waals surface area contributed by atoms with Gasteiger partial charge in [-0.15, -0.1) is 0 Å². The lowest BCUT2D eigenvalue weighted by atomic mass is 10.1. The minimum absolute atomic E-state index is 0.0423. The molecule has 0 aliphatic carbocycles. The van der Waals surface area contributed by atoms with Gasteiger partial charge in [0.05, 0.1) is 12.3 Å². The van der Waals surface area contributed by atoms with Crippen LogP contribution in [-0.4, -0.2) is 32.8 Å². The molecule has 0 aliphatic heterocycles. The molecule has 5 nitrogen and oxygen atoms in total. The molecule has 1 rings (SSSR count). The summed E-state index contributed by atoms with van der Waals surface area (Å²) >= 11 is 0. The molecular weight excluding hydrogens is 232 g/mol. The van der Waals surface area contributed by atoms with Gasteiger partial charge in [-0.2, -0.15) is 0 Å². The fraction of sp³-hybridized carbons (Fsp3) is 0.462. The average Bonchev–Trinajstić information content (AvgIpc) is 2.37. The van der Waals surface area contributed by atoms with E-state index in [2.05, 4.69) is 12.2 Å². The topological polar surface area (TPSA) is 73.6 Å². The van der Waals surface area contributed by atoms with Gasteiger partial charge in [-0.05, 0) is 24.1 Å². The summed E-state index contributed by atoms with van der Waals surface area (Å²) in [6.07, 6.45) is 0.919. The Kier molecular flexibility index (Phi) is 6.00. The first kappa shape index (κ1) is 14.3. The molecule has 1 aromatic carbocycles. The van der Waals surface area contributed by atoms with E-state index in [0.29, 0.717) is 24.6 Å². The van der Waals surface area contributed by atoms with E-state index in [4.69, 9.17) is 15.2 Å². The monoisotopic (exact) mass is 252 g/mol. The summed E-state index contributed by atoms with van der Waals surface area (Å²) in [5.41, 5.74) is 7.53. The van der Waals surface area contributed by atoms with E-state index in [0.717, 1.165) is 12.0 Å². The standard InChI is InChI=1S/C13H20N2O3/c1-3-10-4-5-12(11(14)8-10)18-9-13(16)15-6-7-17-2/h4-5,8H,3,6-7,9,14H2,1-2H3,(H,15,16). The maximum Gasteiger partial charge on any atom is 0.258 e.